The third kappa shape index (κ3) is 5.39. The number of sulfone groups is 1. The molecule has 0 atom stereocenters. The predicted molar refractivity (Wildman–Crippen MR) is 124 cm³/mol. The Morgan fingerprint density at radius 2 is 1.50 bits per heavy atom. The quantitative estimate of drug-likeness (QED) is 0.489. The molecule has 0 bridgehead atoms. The van der Waals surface area contributed by atoms with Crippen molar-refractivity contribution < 1.29 is 13.2 Å². The molecule has 3 aromatic rings. The molecular formula is C23H26N4O3S2. The molecule has 0 unspecified atom stereocenters. The molecule has 2 aromatic carbocycles. The van der Waals surface area contributed by atoms with Crippen LogP contribution in [0.5, 0.6) is 0 Å². The molecule has 0 N–H and O–H groups in total. The van der Waals surface area contributed by atoms with Crippen molar-refractivity contribution in [1.29, 1.82) is 0 Å². The van der Waals surface area contributed by atoms with Crippen molar-refractivity contribution in [1.82, 2.24) is 19.7 Å². The molecule has 0 saturated carbocycles. The molecule has 0 radical (unpaired) electrons. The molecule has 168 valence electrons. The van der Waals surface area contributed by atoms with Gasteiger partial charge in [0.05, 0.1) is 10.6 Å². The van der Waals surface area contributed by atoms with E-state index in [1.807, 2.05) is 35.2 Å². The highest BCUT2D eigenvalue weighted by molar-refractivity contribution is 7.99. The second-order valence-corrected chi connectivity index (χ2v) is 10.7. The average molecular weight is 471 g/mol. The zero-order valence-electron chi connectivity index (χ0n) is 17.8. The van der Waals surface area contributed by atoms with E-state index in [-0.39, 0.29) is 22.3 Å². The Bertz CT molecular complexity index is 1140. The van der Waals surface area contributed by atoms with Crippen LogP contribution in [0.4, 0.5) is 0 Å². The summed E-state index contributed by atoms with van der Waals surface area (Å²) in [5.41, 5.74) is 0.764. The molecule has 1 fully saturated rings. The number of aromatic nitrogens is 3. The van der Waals surface area contributed by atoms with E-state index in [4.69, 9.17) is 0 Å². The lowest BCUT2D eigenvalue weighted by Crippen LogP contribution is -2.33. The lowest BCUT2D eigenvalue weighted by molar-refractivity contribution is -0.128. The third-order valence-electron chi connectivity index (χ3n) is 5.42. The first-order valence-corrected chi connectivity index (χ1v) is 13.4. The van der Waals surface area contributed by atoms with Gasteiger partial charge in [0.2, 0.25) is 5.91 Å². The summed E-state index contributed by atoms with van der Waals surface area (Å²) >= 11 is 1.30. The van der Waals surface area contributed by atoms with Crippen LogP contribution in [-0.2, 0) is 20.4 Å². The van der Waals surface area contributed by atoms with Crippen molar-refractivity contribution in [2.45, 2.75) is 41.5 Å². The van der Waals surface area contributed by atoms with Crippen LogP contribution in [0, 0.1) is 0 Å². The highest BCUT2D eigenvalue weighted by atomic mass is 32.2. The summed E-state index contributed by atoms with van der Waals surface area (Å²) in [7, 11) is -3.59. The fourth-order valence-electron chi connectivity index (χ4n) is 3.74. The highest BCUT2D eigenvalue weighted by Crippen LogP contribution is 2.25. The summed E-state index contributed by atoms with van der Waals surface area (Å²) in [5, 5.41) is 8.96. The van der Waals surface area contributed by atoms with Gasteiger partial charge in [0.25, 0.3) is 0 Å². The number of amides is 1. The van der Waals surface area contributed by atoms with Crippen LogP contribution in [0.3, 0.4) is 0 Å². The normalized spacial score (nSPS) is 14.8. The Kier molecular flexibility index (Phi) is 7.26. The minimum Gasteiger partial charge on any atom is -0.342 e. The number of rotatable bonds is 7. The number of benzene rings is 2. The Hall–Kier alpha value is -2.65. The molecule has 7 nitrogen and oxygen atoms in total. The minimum absolute atomic E-state index is 0.0815. The maximum Gasteiger partial charge on any atom is 0.233 e. The highest BCUT2D eigenvalue weighted by Gasteiger charge is 2.23. The summed E-state index contributed by atoms with van der Waals surface area (Å²) < 4.78 is 27.6. The molecule has 1 amide bonds. The standard InChI is InChI=1S/C23H26N4O3S2/c28-22(26-15-9-1-2-10-16-26)17-31-23-25-24-21(27(23)19-11-5-3-6-12-19)18-32(29,30)20-13-7-4-8-14-20/h3-8,11-14H,1-2,9-10,15-18H2. The second-order valence-electron chi connectivity index (χ2n) is 7.73. The van der Waals surface area contributed by atoms with Crippen LogP contribution in [0.15, 0.2) is 70.7 Å². The van der Waals surface area contributed by atoms with Gasteiger partial charge < -0.3 is 4.90 Å². The number of carbonyl (C=O) groups excluding carboxylic acids is 1. The van der Waals surface area contributed by atoms with Gasteiger partial charge in [-0.15, -0.1) is 10.2 Å². The van der Waals surface area contributed by atoms with Crippen LogP contribution in [0.1, 0.15) is 31.5 Å². The van der Waals surface area contributed by atoms with Crippen LogP contribution in [0.25, 0.3) is 5.69 Å². The van der Waals surface area contributed by atoms with Gasteiger partial charge in [-0.05, 0) is 37.1 Å². The Balaban J connectivity index is 1.58. The summed E-state index contributed by atoms with van der Waals surface area (Å²) in [6.07, 6.45) is 4.41. The van der Waals surface area contributed by atoms with Crippen molar-refractivity contribution in [3.05, 3.63) is 66.5 Å². The molecule has 1 aliphatic rings. The first-order valence-electron chi connectivity index (χ1n) is 10.7. The molecule has 9 heteroatoms. The molecule has 1 saturated heterocycles. The number of carbonyl (C=O) groups is 1. The smallest absolute Gasteiger partial charge is 0.233 e. The van der Waals surface area contributed by atoms with Crippen molar-refractivity contribution in [2.75, 3.05) is 18.8 Å². The SMILES string of the molecule is O=C(CSc1nnc(CS(=O)(=O)c2ccccc2)n1-c1ccccc1)N1CCCCCC1. The van der Waals surface area contributed by atoms with Crippen LogP contribution in [0.2, 0.25) is 0 Å². The van der Waals surface area contributed by atoms with Gasteiger partial charge in [-0.1, -0.05) is 61.0 Å². The van der Waals surface area contributed by atoms with E-state index >= 15 is 0 Å². The van der Waals surface area contributed by atoms with E-state index in [2.05, 4.69) is 10.2 Å². The molecule has 0 aliphatic carbocycles. The van der Waals surface area contributed by atoms with E-state index < -0.39 is 9.84 Å². The first-order chi connectivity index (χ1) is 15.5. The van der Waals surface area contributed by atoms with Gasteiger partial charge in [0, 0.05) is 18.8 Å². The fourth-order valence-corrected chi connectivity index (χ4v) is 5.88. The largest absolute Gasteiger partial charge is 0.342 e. The van der Waals surface area contributed by atoms with Gasteiger partial charge in [-0.3, -0.25) is 9.36 Å². The first kappa shape index (κ1) is 22.5. The number of thioether (sulfide) groups is 1. The molecule has 0 spiro atoms. The number of hydrogen-bond donors (Lipinski definition) is 0. The van der Waals surface area contributed by atoms with Crippen LogP contribution < -0.4 is 0 Å². The average Bonchev–Trinajstić information content (AvgIpc) is 3.01. The maximum atomic E-state index is 13.0. The minimum atomic E-state index is -3.59. The van der Waals surface area contributed by atoms with Crippen molar-refractivity contribution in [2.24, 2.45) is 0 Å². The number of hydrogen-bond acceptors (Lipinski definition) is 6. The number of para-hydroxylation sites is 1. The van der Waals surface area contributed by atoms with Crippen LogP contribution in [-0.4, -0.2) is 52.8 Å². The Morgan fingerprint density at radius 1 is 0.875 bits per heavy atom. The van der Waals surface area contributed by atoms with E-state index in [1.54, 1.807) is 34.9 Å². The third-order valence-corrected chi connectivity index (χ3v) is 7.96. The van der Waals surface area contributed by atoms with E-state index in [0.717, 1.165) is 31.6 Å². The summed E-state index contributed by atoms with van der Waals surface area (Å²) in [4.78, 5) is 14.9. The zero-order chi connectivity index (χ0) is 22.4. The van der Waals surface area contributed by atoms with Gasteiger partial charge in [0.1, 0.15) is 5.75 Å². The van der Waals surface area contributed by atoms with E-state index in [1.165, 1.54) is 24.6 Å². The maximum absolute atomic E-state index is 13.0. The molecule has 32 heavy (non-hydrogen) atoms. The zero-order valence-corrected chi connectivity index (χ0v) is 19.4. The van der Waals surface area contributed by atoms with Crippen molar-refractivity contribution in [3.8, 4) is 5.69 Å². The second kappa shape index (κ2) is 10.3. The molecule has 1 aliphatic heterocycles. The number of likely N-dealkylation sites (tertiary alicyclic amines) is 1. The summed E-state index contributed by atoms with van der Waals surface area (Å²) in [6, 6.07) is 17.7. The van der Waals surface area contributed by atoms with Crippen molar-refractivity contribution >= 4 is 27.5 Å². The fraction of sp³-hybridized carbons (Fsp3) is 0.348. The summed E-state index contributed by atoms with van der Waals surface area (Å²) in [5.74, 6) is 0.374. The van der Waals surface area contributed by atoms with E-state index in [9.17, 15) is 13.2 Å². The molecular weight excluding hydrogens is 444 g/mol. The van der Waals surface area contributed by atoms with Gasteiger partial charge in [-0.25, -0.2) is 8.42 Å². The Morgan fingerprint density at radius 3 is 2.16 bits per heavy atom. The van der Waals surface area contributed by atoms with Crippen LogP contribution >= 0.6 is 11.8 Å². The molecule has 1 aromatic heterocycles. The lowest BCUT2D eigenvalue weighted by atomic mass is 10.2. The predicted octanol–water partition coefficient (Wildman–Crippen LogP) is 3.74. The monoisotopic (exact) mass is 470 g/mol. The van der Waals surface area contributed by atoms with Crippen molar-refractivity contribution in [3.63, 3.8) is 0 Å². The van der Waals surface area contributed by atoms with Gasteiger partial charge >= 0.3 is 0 Å². The van der Waals surface area contributed by atoms with Gasteiger partial charge in [-0.2, -0.15) is 0 Å². The van der Waals surface area contributed by atoms with Gasteiger partial charge in [0.15, 0.2) is 20.8 Å². The lowest BCUT2D eigenvalue weighted by Gasteiger charge is -2.20. The topological polar surface area (TPSA) is 85.2 Å². The van der Waals surface area contributed by atoms with E-state index in [0.29, 0.717) is 11.0 Å². The molecule has 2 heterocycles. The Labute approximate surface area is 192 Å². The summed E-state index contributed by atoms with van der Waals surface area (Å²) in [6.45, 7) is 1.59. The molecule has 4 rings (SSSR count). The number of nitrogens with zero attached hydrogens (tertiary/aromatic N) is 4.